The van der Waals surface area contributed by atoms with Gasteiger partial charge in [-0.15, -0.1) is 0 Å². The van der Waals surface area contributed by atoms with Gasteiger partial charge < -0.3 is 19.9 Å². The molecule has 1 saturated heterocycles. The van der Waals surface area contributed by atoms with Gasteiger partial charge in [0.15, 0.2) is 11.5 Å². The van der Waals surface area contributed by atoms with Gasteiger partial charge in [0.1, 0.15) is 5.56 Å². The number of carbonyl (C=O) groups is 1. The summed E-state index contributed by atoms with van der Waals surface area (Å²) in [7, 11) is 1.36. The summed E-state index contributed by atoms with van der Waals surface area (Å²) in [6.45, 7) is 2.46. The van der Waals surface area contributed by atoms with Gasteiger partial charge in [-0.3, -0.25) is 10.1 Å². The lowest BCUT2D eigenvalue weighted by molar-refractivity contribution is -0.385. The van der Waals surface area contributed by atoms with Crippen molar-refractivity contribution in [1.82, 2.24) is 5.32 Å². The number of hydrogen-bond donors (Lipinski definition) is 2. The number of rotatable bonds is 8. The monoisotopic (exact) mass is 324 g/mol. The number of nitro benzene ring substituents is 1. The number of nitro groups is 1. The van der Waals surface area contributed by atoms with Crippen molar-refractivity contribution in [2.75, 3.05) is 26.8 Å². The molecule has 8 nitrogen and oxygen atoms in total. The Morgan fingerprint density at radius 3 is 2.83 bits per heavy atom. The topological polar surface area (TPSA) is 111 Å². The molecule has 0 spiro atoms. The highest BCUT2D eigenvalue weighted by molar-refractivity contribution is 5.93. The molecular weight excluding hydrogens is 304 g/mol. The lowest BCUT2D eigenvalue weighted by Gasteiger charge is -2.13. The van der Waals surface area contributed by atoms with Crippen molar-refractivity contribution in [2.24, 2.45) is 5.92 Å². The molecule has 1 aliphatic heterocycles. The number of nitrogens with one attached hydrogen (secondary N) is 1. The Labute approximate surface area is 133 Å². The fourth-order valence-corrected chi connectivity index (χ4v) is 2.66. The molecule has 1 aromatic carbocycles. The Morgan fingerprint density at radius 2 is 2.26 bits per heavy atom. The Kier molecular flexibility index (Phi) is 5.75. The van der Waals surface area contributed by atoms with Crippen molar-refractivity contribution in [3.05, 3.63) is 27.8 Å². The van der Waals surface area contributed by atoms with Gasteiger partial charge in [-0.2, -0.15) is 0 Å². The molecule has 0 radical (unpaired) electrons. The molecule has 0 aliphatic carbocycles. The second-order valence-electron chi connectivity index (χ2n) is 5.43. The molecule has 1 heterocycles. The molecule has 0 saturated carbocycles. The molecule has 8 heteroatoms. The Hall–Kier alpha value is -2.35. The van der Waals surface area contributed by atoms with Crippen LogP contribution in [0.3, 0.4) is 0 Å². The number of aromatic carboxylic acids is 1. The van der Waals surface area contributed by atoms with E-state index in [9.17, 15) is 14.9 Å². The maximum absolute atomic E-state index is 11.1. The van der Waals surface area contributed by atoms with Crippen molar-refractivity contribution in [2.45, 2.75) is 19.3 Å². The van der Waals surface area contributed by atoms with Gasteiger partial charge in [0, 0.05) is 6.07 Å². The summed E-state index contributed by atoms with van der Waals surface area (Å²) in [5.74, 6) is -0.371. The van der Waals surface area contributed by atoms with Crippen LogP contribution >= 0.6 is 0 Å². The molecule has 1 unspecified atom stereocenters. The van der Waals surface area contributed by atoms with Crippen molar-refractivity contribution in [3.63, 3.8) is 0 Å². The normalized spacial score (nSPS) is 17.0. The van der Waals surface area contributed by atoms with Crippen LogP contribution in [0.1, 0.15) is 29.6 Å². The maximum atomic E-state index is 11.1. The Bertz CT molecular complexity index is 584. The molecule has 0 amide bonds. The second kappa shape index (κ2) is 7.77. The third kappa shape index (κ3) is 4.32. The van der Waals surface area contributed by atoms with Gasteiger partial charge in [-0.05, 0) is 38.3 Å². The summed E-state index contributed by atoms with van der Waals surface area (Å²) in [5.41, 5.74) is -0.926. The van der Waals surface area contributed by atoms with Gasteiger partial charge in [-0.1, -0.05) is 0 Å². The highest BCUT2D eigenvalue weighted by Crippen LogP contribution is 2.35. The maximum Gasteiger partial charge on any atom is 0.342 e. The third-order valence-electron chi connectivity index (χ3n) is 3.89. The van der Waals surface area contributed by atoms with Crippen molar-refractivity contribution in [3.8, 4) is 11.5 Å². The number of benzene rings is 1. The predicted octanol–water partition coefficient (Wildman–Crippen LogP) is 2.07. The SMILES string of the molecule is COc1cc(C(=O)O)c([N+](=O)[O-])cc1OCCCC1CCNC1. The molecule has 2 rings (SSSR count). The fraction of sp³-hybridized carbons (Fsp3) is 0.533. The van der Waals surface area contributed by atoms with Gasteiger partial charge in [0.2, 0.25) is 0 Å². The van der Waals surface area contributed by atoms with Gasteiger partial charge in [-0.25, -0.2) is 4.79 Å². The van der Waals surface area contributed by atoms with E-state index in [0.717, 1.165) is 44.5 Å². The minimum atomic E-state index is -1.38. The first-order valence-electron chi connectivity index (χ1n) is 7.46. The average Bonchev–Trinajstić information content (AvgIpc) is 3.03. The van der Waals surface area contributed by atoms with Gasteiger partial charge >= 0.3 is 5.97 Å². The van der Waals surface area contributed by atoms with Crippen molar-refractivity contribution < 1.29 is 24.3 Å². The van der Waals surface area contributed by atoms with Crippen LogP contribution in [0, 0.1) is 16.0 Å². The first kappa shape index (κ1) is 17.0. The highest BCUT2D eigenvalue weighted by atomic mass is 16.6. The molecule has 1 fully saturated rings. The molecular formula is C15H20N2O6. The summed E-state index contributed by atoms with van der Waals surface area (Å²) in [5, 5.41) is 23.4. The van der Waals surface area contributed by atoms with E-state index >= 15 is 0 Å². The predicted molar refractivity (Wildman–Crippen MR) is 82.3 cm³/mol. The van der Waals surface area contributed by atoms with E-state index in [1.807, 2.05) is 0 Å². The van der Waals surface area contributed by atoms with E-state index in [1.165, 1.54) is 7.11 Å². The number of carboxylic acids is 1. The molecule has 0 aromatic heterocycles. The summed E-state index contributed by atoms with van der Waals surface area (Å²) in [4.78, 5) is 21.4. The first-order valence-corrected chi connectivity index (χ1v) is 7.46. The molecule has 1 aromatic rings. The second-order valence-corrected chi connectivity index (χ2v) is 5.43. The number of hydrogen-bond acceptors (Lipinski definition) is 6. The van der Waals surface area contributed by atoms with Crippen LogP contribution in [-0.2, 0) is 0 Å². The number of ether oxygens (including phenoxy) is 2. The molecule has 2 N–H and O–H groups in total. The molecule has 23 heavy (non-hydrogen) atoms. The molecule has 126 valence electrons. The summed E-state index contributed by atoms with van der Waals surface area (Å²) < 4.78 is 10.7. The zero-order valence-electron chi connectivity index (χ0n) is 12.9. The zero-order valence-corrected chi connectivity index (χ0v) is 12.9. The van der Waals surface area contributed by atoms with E-state index in [-0.39, 0.29) is 11.5 Å². The summed E-state index contributed by atoms with van der Waals surface area (Å²) >= 11 is 0. The van der Waals surface area contributed by atoms with Crippen LogP contribution in [0.25, 0.3) is 0 Å². The van der Waals surface area contributed by atoms with E-state index in [4.69, 9.17) is 14.6 Å². The van der Waals surface area contributed by atoms with Crippen LogP contribution < -0.4 is 14.8 Å². The lowest BCUT2D eigenvalue weighted by Crippen LogP contribution is -2.10. The average molecular weight is 324 g/mol. The van der Waals surface area contributed by atoms with Crippen LogP contribution in [0.5, 0.6) is 11.5 Å². The lowest BCUT2D eigenvalue weighted by atomic mass is 10.0. The summed E-state index contributed by atoms with van der Waals surface area (Å²) in [6, 6.07) is 2.23. The van der Waals surface area contributed by atoms with E-state index in [2.05, 4.69) is 5.32 Å². The number of nitrogens with zero attached hydrogens (tertiary/aromatic N) is 1. The van der Waals surface area contributed by atoms with Crippen LogP contribution in [0.2, 0.25) is 0 Å². The smallest absolute Gasteiger partial charge is 0.342 e. The largest absolute Gasteiger partial charge is 0.493 e. The number of methoxy groups -OCH3 is 1. The highest BCUT2D eigenvalue weighted by Gasteiger charge is 2.24. The van der Waals surface area contributed by atoms with Crippen molar-refractivity contribution >= 4 is 11.7 Å². The van der Waals surface area contributed by atoms with E-state index in [0.29, 0.717) is 12.5 Å². The van der Waals surface area contributed by atoms with Gasteiger partial charge in [0.05, 0.1) is 24.7 Å². The van der Waals surface area contributed by atoms with Crippen LogP contribution in [0.4, 0.5) is 5.69 Å². The summed E-state index contributed by atoms with van der Waals surface area (Å²) in [6.07, 6.45) is 3.00. The van der Waals surface area contributed by atoms with E-state index < -0.39 is 22.1 Å². The van der Waals surface area contributed by atoms with Crippen LogP contribution in [-0.4, -0.2) is 42.8 Å². The quantitative estimate of drug-likeness (QED) is 0.428. The Morgan fingerprint density at radius 1 is 1.48 bits per heavy atom. The minimum absolute atomic E-state index is 0.176. The van der Waals surface area contributed by atoms with Gasteiger partial charge in [0.25, 0.3) is 5.69 Å². The third-order valence-corrected chi connectivity index (χ3v) is 3.89. The zero-order chi connectivity index (χ0) is 16.8. The Balaban J connectivity index is 2.05. The molecule has 0 bridgehead atoms. The minimum Gasteiger partial charge on any atom is -0.493 e. The molecule has 1 aliphatic rings. The first-order chi connectivity index (χ1) is 11.0. The fourth-order valence-electron chi connectivity index (χ4n) is 2.66. The van der Waals surface area contributed by atoms with Crippen LogP contribution in [0.15, 0.2) is 12.1 Å². The number of carboxylic acid groups (broad SMARTS) is 1. The molecule has 1 atom stereocenters. The van der Waals surface area contributed by atoms with Crippen molar-refractivity contribution in [1.29, 1.82) is 0 Å². The van der Waals surface area contributed by atoms with E-state index in [1.54, 1.807) is 0 Å². The standard InChI is InChI=1S/C15H20N2O6/c1-22-13-7-11(15(18)19)12(17(20)21)8-14(13)23-6-2-3-10-4-5-16-9-10/h7-8,10,16H,2-6,9H2,1H3,(H,18,19).